The summed E-state index contributed by atoms with van der Waals surface area (Å²) in [5.74, 6) is 1.66. The Balaban J connectivity index is 1.27. The predicted molar refractivity (Wildman–Crippen MR) is 209 cm³/mol. The van der Waals surface area contributed by atoms with Gasteiger partial charge in [0.2, 0.25) is 0 Å². The Hall–Kier alpha value is -7.67. The number of aromatic nitrogens is 3. The summed E-state index contributed by atoms with van der Waals surface area (Å²) >= 11 is 0. The molecule has 0 bridgehead atoms. The predicted octanol–water partition coefficient (Wildman–Crippen LogP) is 11.5. The Morgan fingerprint density at radius 1 is 0.396 bits per heavy atom. The van der Waals surface area contributed by atoms with E-state index in [0.717, 1.165) is 60.8 Å². The van der Waals surface area contributed by atoms with Gasteiger partial charge in [-0.05, 0) is 70.3 Å². The average molecular weight is 678 g/mol. The molecule has 9 rings (SSSR count). The minimum atomic E-state index is 0.526. The molecule has 7 aromatic carbocycles. The molecule has 2 heterocycles. The van der Waals surface area contributed by atoms with E-state index in [1.165, 1.54) is 0 Å². The summed E-state index contributed by atoms with van der Waals surface area (Å²) in [4.78, 5) is 15.2. The van der Waals surface area contributed by atoms with Crippen molar-refractivity contribution in [3.05, 3.63) is 175 Å². The molecule has 0 fully saturated rings. The molecule has 6 nitrogen and oxygen atoms in total. The summed E-state index contributed by atoms with van der Waals surface area (Å²) < 4.78 is 6.69. The van der Waals surface area contributed by atoms with Crippen LogP contribution < -0.4 is 0 Å². The molecule has 0 saturated carbocycles. The third-order valence-electron chi connectivity index (χ3n) is 9.43. The number of benzene rings is 7. The van der Waals surface area contributed by atoms with Gasteiger partial charge in [0.1, 0.15) is 11.2 Å². The van der Waals surface area contributed by atoms with E-state index in [1.807, 2.05) is 115 Å². The molecule has 6 heteroatoms. The van der Waals surface area contributed by atoms with Crippen molar-refractivity contribution in [3.63, 3.8) is 0 Å². The third-order valence-corrected chi connectivity index (χ3v) is 9.43. The molecule has 0 radical (unpaired) electrons. The van der Waals surface area contributed by atoms with Gasteiger partial charge >= 0.3 is 0 Å². The van der Waals surface area contributed by atoms with Gasteiger partial charge in [-0.25, -0.2) is 15.0 Å². The summed E-state index contributed by atoms with van der Waals surface area (Å²) in [7, 11) is 0. The lowest BCUT2D eigenvalue weighted by Crippen LogP contribution is -2.00. The second kappa shape index (κ2) is 13.2. The van der Waals surface area contributed by atoms with Crippen LogP contribution in [0.2, 0.25) is 0 Å². The highest BCUT2D eigenvalue weighted by molar-refractivity contribution is 6.16. The highest BCUT2D eigenvalue weighted by Gasteiger charge is 2.21. The van der Waals surface area contributed by atoms with Crippen molar-refractivity contribution in [1.29, 1.82) is 10.5 Å². The number of hydrogen-bond donors (Lipinski definition) is 0. The van der Waals surface area contributed by atoms with Crippen LogP contribution in [0.15, 0.2) is 168 Å². The van der Waals surface area contributed by atoms with Crippen LogP contribution in [0.4, 0.5) is 0 Å². The van der Waals surface area contributed by atoms with Crippen molar-refractivity contribution >= 4 is 21.9 Å². The molecule has 0 saturated heterocycles. The SMILES string of the molecule is N#Cc1ccc(-c2cc(-c3ccc(C#N)cc3)c3oc4cccc(-c5nc(-c6ccccc6)nc(-c6ccc(-c7ccccc7)cc6)n5)c4c3c2)cc1. The van der Waals surface area contributed by atoms with Crippen molar-refractivity contribution in [2.45, 2.75) is 0 Å². The summed E-state index contributed by atoms with van der Waals surface area (Å²) in [6, 6.07) is 58.2. The van der Waals surface area contributed by atoms with E-state index in [2.05, 4.69) is 60.7 Å². The molecule has 0 aliphatic heterocycles. The number of fused-ring (bicyclic) bond motifs is 3. The molecule has 0 atom stereocenters. The van der Waals surface area contributed by atoms with Gasteiger partial charge in [0.15, 0.2) is 17.5 Å². The molecule has 2 aromatic heterocycles. The summed E-state index contributed by atoms with van der Waals surface area (Å²) in [5, 5.41) is 20.7. The molecule has 0 aliphatic rings. The summed E-state index contributed by atoms with van der Waals surface area (Å²) in [6.07, 6.45) is 0. The molecule has 0 aliphatic carbocycles. The maximum Gasteiger partial charge on any atom is 0.164 e. The van der Waals surface area contributed by atoms with Gasteiger partial charge in [0, 0.05) is 33.0 Å². The number of nitrogens with zero attached hydrogens (tertiary/aromatic N) is 5. The minimum Gasteiger partial charge on any atom is -0.455 e. The van der Waals surface area contributed by atoms with Crippen molar-refractivity contribution in [3.8, 4) is 79.7 Å². The first-order valence-electron chi connectivity index (χ1n) is 17.1. The normalized spacial score (nSPS) is 11.0. The largest absolute Gasteiger partial charge is 0.455 e. The molecular weight excluding hydrogens is 651 g/mol. The van der Waals surface area contributed by atoms with E-state index in [-0.39, 0.29) is 0 Å². The van der Waals surface area contributed by atoms with Crippen molar-refractivity contribution in [2.24, 2.45) is 0 Å². The molecule has 9 aromatic rings. The molecule has 0 spiro atoms. The molecular formula is C47H27N5O. The zero-order valence-corrected chi connectivity index (χ0v) is 28.2. The van der Waals surface area contributed by atoms with E-state index in [9.17, 15) is 10.5 Å². The number of nitriles is 2. The van der Waals surface area contributed by atoms with Gasteiger partial charge in [-0.2, -0.15) is 10.5 Å². The first-order chi connectivity index (χ1) is 26.1. The van der Waals surface area contributed by atoms with Crippen molar-refractivity contribution < 1.29 is 4.42 Å². The van der Waals surface area contributed by atoms with E-state index >= 15 is 0 Å². The zero-order chi connectivity index (χ0) is 35.7. The van der Waals surface area contributed by atoms with Gasteiger partial charge in [0.05, 0.1) is 23.3 Å². The van der Waals surface area contributed by atoms with E-state index < -0.39 is 0 Å². The topological polar surface area (TPSA) is 99.4 Å². The minimum absolute atomic E-state index is 0.526. The smallest absolute Gasteiger partial charge is 0.164 e. The number of rotatable bonds is 6. The third kappa shape index (κ3) is 5.87. The van der Waals surface area contributed by atoms with Crippen LogP contribution in [0, 0.1) is 22.7 Å². The quantitative estimate of drug-likeness (QED) is 0.174. The first-order valence-corrected chi connectivity index (χ1v) is 17.1. The molecule has 53 heavy (non-hydrogen) atoms. The van der Waals surface area contributed by atoms with Gasteiger partial charge in [-0.1, -0.05) is 121 Å². The average Bonchev–Trinajstić information content (AvgIpc) is 3.63. The van der Waals surface area contributed by atoms with E-state index in [1.54, 1.807) is 0 Å². The van der Waals surface area contributed by atoms with Crippen LogP contribution in [0.25, 0.3) is 89.5 Å². The van der Waals surface area contributed by atoms with Gasteiger partial charge in [0.25, 0.3) is 0 Å². The fourth-order valence-electron chi connectivity index (χ4n) is 6.74. The monoisotopic (exact) mass is 677 g/mol. The van der Waals surface area contributed by atoms with Gasteiger partial charge in [-0.3, -0.25) is 0 Å². The van der Waals surface area contributed by atoms with Crippen LogP contribution in [-0.4, -0.2) is 15.0 Å². The summed E-state index contributed by atoms with van der Waals surface area (Å²) in [5.41, 5.74) is 11.1. The second-order valence-electron chi connectivity index (χ2n) is 12.7. The molecule has 0 amide bonds. The number of hydrogen-bond acceptors (Lipinski definition) is 6. The Labute approximate surface area is 305 Å². The van der Waals surface area contributed by atoms with Gasteiger partial charge < -0.3 is 4.42 Å². The lowest BCUT2D eigenvalue weighted by molar-refractivity contribution is 0.670. The van der Waals surface area contributed by atoms with E-state index in [4.69, 9.17) is 19.4 Å². The standard InChI is InChI=1S/C47H27N5O/c48-28-30-14-18-34(19-15-30)38-26-40(35-20-16-31(29-49)17-21-35)44-41(27-38)43-39(12-7-13-42(43)53-44)47-51-45(36-10-5-2-6-11-36)50-46(52-47)37-24-22-33(23-25-37)32-8-3-1-4-9-32/h1-27H. The highest BCUT2D eigenvalue weighted by Crippen LogP contribution is 2.43. The lowest BCUT2D eigenvalue weighted by Gasteiger charge is -2.10. The van der Waals surface area contributed by atoms with Crippen LogP contribution in [0.3, 0.4) is 0 Å². The van der Waals surface area contributed by atoms with Crippen LogP contribution in [0.1, 0.15) is 11.1 Å². The Morgan fingerprint density at radius 3 is 1.51 bits per heavy atom. The Morgan fingerprint density at radius 2 is 0.887 bits per heavy atom. The van der Waals surface area contributed by atoms with Crippen molar-refractivity contribution in [2.75, 3.05) is 0 Å². The van der Waals surface area contributed by atoms with Crippen LogP contribution in [-0.2, 0) is 0 Å². The fraction of sp³-hybridized carbons (Fsp3) is 0. The van der Waals surface area contributed by atoms with E-state index in [0.29, 0.717) is 39.8 Å². The number of furan rings is 1. The van der Waals surface area contributed by atoms with Crippen LogP contribution in [0.5, 0.6) is 0 Å². The summed E-state index contributed by atoms with van der Waals surface area (Å²) in [6.45, 7) is 0. The van der Waals surface area contributed by atoms with Crippen LogP contribution >= 0.6 is 0 Å². The van der Waals surface area contributed by atoms with Crippen molar-refractivity contribution in [1.82, 2.24) is 15.0 Å². The highest BCUT2D eigenvalue weighted by atomic mass is 16.3. The maximum atomic E-state index is 9.48. The Kier molecular flexibility index (Phi) is 7.82. The Bertz CT molecular complexity index is 2870. The lowest BCUT2D eigenvalue weighted by atomic mass is 9.94. The maximum absolute atomic E-state index is 9.48. The molecule has 0 N–H and O–H groups in total. The zero-order valence-electron chi connectivity index (χ0n) is 28.2. The fourth-order valence-corrected chi connectivity index (χ4v) is 6.74. The van der Waals surface area contributed by atoms with Gasteiger partial charge in [-0.15, -0.1) is 0 Å². The first kappa shape index (κ1) is 31.3. The molecule has 0 unspecified atom stereocenters. The molecule has 246 valence electrons. The second-order valence-corrected chi connectivity index (χ2v) is 12.7.